The van der Waals surface area contributed by atoms with Crippen molar-refractivity contribution >= 4 is 6.09 Å². The molecule has 1 heterocycles. The number of nitrogens with one attached hydrogen (secondary N) is 3. The Bertz CT molecular complexity index is 474. The van der Waals surface area contributed by atoms with Crippen molar-refractivity contribution in [1.29, 1.82) is 0 Å². The van der Waals surface area contributed by atoms with E-state index < -0.39 is 5.60 Å². The largest absolute Gasteiger partial charge is 0.444 e. The summed E-state index contributed by atoms with van der Waals surface area (Å²) in [6, 6.07) is 0.132. The summed E-state index contributed by atoms with van der Waals surface area (Å²) in [6.45, 7) is 9.12. The van der Waals surface area contributed by atoms with Gasteiger partial charge in [0.15, 0.2) is 0 Å². The van der Waals surface area contributed by atoms with Crippen LogP contribution in [-0.2, 0) is 11.3 Å². The molecule has 118 valence electrons. The number of alkyl carbamates (subject to hydrolysis) is 1. The van der Waals surface area contributed by atoms with Crippen molar-refractivity contribution < 1.29 is 9.53 Å². The van der Waals surface area contributed by atoms with E-state index >= 15 is 0 Å². The normalized spacial score (nSPS) is 16.6. The average Bonchev–Trinajstić information content (AvgIpc) is 3.11. The van der Waals surface area contributed by atoms with Crippen LogP contribution in [-0.4, -0.2) is 34.5 Å². The molecule has 6 heteroatoms. The van der Waals surface area contributed by atoms with Crippen LogP contribution in [0.15, 0.2) is 6.20 Å². The van der Waals surface area contributed by atoms with Crippen LogP contribution < -0.4 is 10.6 Å². The van der Waals surface area contributed by atoms with Gasteiger partial charge in [-0.05, 0) is 46.5 Å². The maximum atomic E-state index is 11.9. The van der Waals surface area contributed by atoms with Gasteiger partial charge in [-0.15, -0.1) is 0 Å². The predicted octanol–water partition coefficient (Wildman–Crippen LogP) is 2.11. The Kier molecular flexibility index (Phi) is 4.88. The summed E-state index contributed by atoms with van der Waals surface area (Å²) in [6.07, 6.45) is 3.84. The zero-order valence-corrected chi connectivity index (χ0v) is 13.3. The molecular weight excluding hydrogens is 268 g/mol. The Morgan fingerprint density at radius 2 is 2.24 bits per heavy atom. The van der Waals surface area contributed by atoms with Crippen molar-refractivity contribution in [3.8, 4) is 0 Å². The van der Waals surface area contributed by atoms with Gasteiger partial charge in [0.25, 0.3) is 0 Å². The van der Waals surface area contributed by atoms with Crippen molar-refractivity contribution in [2.24, 2.45) is 5.92 Å². The maximum absolute atomic E-state index is 11.9. The number of hydrogen-bond donors (Lipinski definition) is 3. The Morgan fingerprint density at radius 3 is 2.76 bits per heavy atom. The monoisotopic (exact) mass is 294 g/mol. The first-order chi connectivity index (χ1) is 9.85. The molecule has 0 bridgehead atoms. The minimum absolute atomic E-state index is 0.132. The fourth-order valence-electron chi connectivity index (χ4n) is 2.21. The van der Waals surface area contributed by atoms with Crippen LogP contribution in [0.25, 0.3) is 0 Å². The van der Waals surface area contributed by atoms with Crippen molar-refractivity contribution in [2.75, 3.05) is 6.54 Å². The average molecular weight is 294 g/mol. The van der Waals surface area contributed by atoms with E-state index in [-0.39, 0.29) is 12.1 Å². The van der Waals surface area contributed by atoms with Crippen LogP contribution >= 0.6 is 0 Å². The van der Waals surface area contributed by atoms with E-state index in [9.17, 15) is 4.79 Å². The van der Waals surface area contributed by atoms with Crippen LogP contribution in [0.5, 0.6) is 0 Å². The zero-order chi connectivity index (χ0) is 15.5. The molecule has 1 aromatic rings. The minimum Gasteiger partial charge on any atom is -0.444 e. The molecule has 1 aromatic heterocycles. The van der Waals surface area contributed by atoms with Gasteiger partial charge in [0, 0.05) is 30.4 Å². The fraction of sp³-hybridized carbons (Fsp3) is 0.733. The van der Waals surface area contributed by atoms with E-state index in [1.54, 1.807) is 0 Å². The smallest absolute Gasteiger partial charge is 0.407 e. The predicted molar refractivity (Wildman–Crippen MR) is 80.9 cm³/mol. The summed E-state index contributed by atoms with van der Waals surface area (Å²) in [5.74, 6) is 0.565. The van der Waals surface area contributed by atoms with Gasteiger partial charge in [-0.2, -0.15) is 5.10 Å². The highest BCUT2D eigenvalue weighted by molar-refractivity contribution is 5.68. The number of carbonyl (C=O) groups is 1. The van der Waals surface area contributed by atoms with Crippen molar-refractivity contribution in [3.05, 3.63) is 17.5 Å². The molecule has 1 aliphatic carbocycles. The van der Waals surface area contributed by atoms with E-state index in [2.05, 4.69) is 20.8 Å². The van der Waals surface area contributed by atoms with Gasteiger partial charge in [0.1, 0.15) is 5.60 Å². The van der Waals surface area contributed by atoms with Gasteiger partial charge in [-0.3, -0.25) is 5.10 Å². The minimum atomic E-state index is -0.459. The molecule has 1 unspecified atom stereocenters. The number of aryl methyl sites for hydroxylation is 1. The topological polar surface area (TPSA) is 79.0 Å². The second kappa shape index (κ2) is 6.47. The quantitative estimate of drug-likeness (QED) is 0.751. The first-order valence-corrected chi connectivity index (χ1v) is 7.54. The number of ether oxygens (including phenoxy) is 1. The van der Waals surface area contributed by atoms with Crippen molar-refractivity contribution in [3.63, 3.8) is 0 Å². The van der Waals surface area contributed by atoms with Crippen LogP contribution in [0.1, 0.15) is 44.9 Å². The number of hydrogen-bond acceptors (Lipinski definition) is 4. The van der Waals surface area contributed by atoms with E-state index in [0.29, 0.717) is 5.92 Å². The number of amides is 1. The lowest BCUT2D eigenvalue weighted by molar-refractivity contribution is 0.0497. The molecule has 1 saturated carbocycles. The molecule has 1 atom stereocenters. The molecule has 0 aliphatic heterocycles. The number of nitrogens with zero attached hydrogens (tertiary/aromatic N) is 1. The van der Waals surface area contributed by atoms with Crippen molar-refractivity contribution in [2.45, 2.75) is 58.7 Å². The Labute approximate surface area is 126 Å². The molecule has 0 aromatic carbocycles. The van der Waals surface area contributed by atoms with Gasteiger partial charge in [0.2, 0.25) is 0 Å². The van der Waals surface area contributed by atoms with Crippen LogP contribution in [0.3, 0.4) is 0 Å². The summed E-state index contributed by atoms with van der Waals surface area (Å²) in [5.41, 5.74) is 1.77. The van der Waals surface area contributed by atoms with Gasteiger partial charge < -0.3 is 15.4 Å². The van der Waals surface area contributed by atoms with Crippen LogP contribution in [0.4, 0.5) is 4.79 Å². The second-order valence-electron chi connectivity index (χ2n) is 6.74. The standard InChI is InChI=1S/C15H26N4O2/c1-10-12(8-17-19-10)7-16-9-13(11-5-6-11)18-14(20)21-15(2,3)4/h8,11,13,16H,5-7,9H2,1-4H3,(H,17,19)(H,18,20). The fourth-order valence-corrected chi connectivity index (χ4v) is 2.21. The molecule has 1 amide bonds. The molecule has 6 nitrogen and oxygen atoms in total. The zero-order valence-electron chi connectivity index (χ0n) is 13.3. The summed E-state index contributed by atoms with van der Waals surface area (Å²) < 4.78 is 5.32. The third-order valence-corrected chi connectivity index (χ3v) is 3.51. The number of aromatic amines is 1. The number of rotatable bonds is 6. The lowest BCUT2D eigenvalue weighted by Crippen LogP contribution is -2.45. The molecule has 1 aliphatic rings. The number of aromatic nitrogens is 2. The van der Waals surface area contributed by atoms with E-state index in [1.165, 1.54) is 12.8 Å². The first kappa shape index (κ1) is 15.8. The van der Waals surface area contributed by atoms with Gasteiger partial charge in [-0.1, -0.05) is 0 Å². The van der Waals surface area contributed by atoms with E-state index in [0.717, 1.165) is 24.3 Å². The molecule has 3 N–H and O–H groups in total. The Balaban J connectivity index is 1.77. The molecule has 0 radical (unpaired) electrons. The van der Waals surface area contributed by atoms with E-state index in [1.807, 2.05) is 33.9 Å². The van der Waals surface area contributed by atoms with Gasteiger partial charge >= 0.3 is 6.09 Å². The number of carbonyl (C=O) groups excluding carboxylic acids is 1. The molecule has 2 rings (SSSR count). The Morgan fingerprint density at radius 1 is 1.52 bits per heavy atom. The molecule has 21 heavy (non-hydrogen) atoms. The van der Waals surface area contributed by atoms with Crippen LogP contribution in [0, 0.1) is 12.8 Å². The number of H-pyrrole nitrogens is 1. The Hall–Kier alpha value is -1.56. The summed E-state index contributed by atoms with van der Waals surface area (Å²) in [7, 11) is 0. The second-order valence-corrected chi connectivity index (χ2v) is 6.74. The third kappa shape index (κ3) is 5.38. The van der Waals surface area contributed by atoms with E-state index in [4.69, 9.17) is 4.74 Å². The van der Waals surface area contributed by atoms with Crippen LogP contribution in [0.2, 0.25) is 0 Å². The lowest BCUT2D eigenvalue weighted by Gasteiger charge is -2.24. The van der Waals surface area contributed by atoms with Gasteiger partial charge in [-0.25, -0.2) is 4.79 Å². The first-order valence-electron chi connectivity index (χ1n) is 7.54. The molecular formula is C15H26N4O2. The van der Waals surface area contributed by atoms with Crippen molar-refractivity contribution in [1.82, 2.24) is 20.8 Å². The highest BCUT2D eigenvalue weighted by Crippen LogP contribution is 2.32. The SMILES string of the molecule is Cc1[nH]ncc1CNCC(NC(=O)OC(C)(C)C)C1CC1. The van der Waals surface area contributed by atoms with Gasteiger partial charge in [0.05, 0.1) is 6.20 Å². The summed E-state index contributed by atoms with van der Waals surface area (Å²) in [5, 5.41) is 13.3. The highest BCUT2D eigenvalue weighted by atomic mass is 16.6. The molecule has 0 spiro atoms. The lowest BCUT2D eigenvalue weighted by atomic mass is 10.1. The highest BCUT2D eigenvalue weighted by Gasteiger charge is 2.33. The molecule has 1 fully saturated rings. The summed E-state index contributed by atoms with van der Waals surface area (Å²) in [4.78, 5) is 11.9. The molecule has 0 saturated heterocycles. The maximum Gasteiger partial charge on any atom is 0.407 e. The third-order valence-electron chi connectivity index (χ3n) is 3.51. The summed E-state index contributed by atoms with van der Waals surface area (Å²) >= 11 is 0.